The lowest BCUT2D eigenvalue weighted by Crippen LogP contribution is -2.38. The topological polar surface area (TPSA) is 98.8 Å². The fraction of sp³-hybridized carbons (Fsp3) is 0.444. The van der Waals surface area contributed by atoms with Crippen molar-refractivity contribution in [2.24, 2.45) is 5.92 Å². The van der Waals surface area contributed by atoms with E-state index >= 15 is 0 Å². The van der Waals surface area contributed by atoms with Gasteiger partial charge in [0.05, 0.1) is 0 Å². The second kappa shape index (κ2) is 7.99. The maximum absolute atomic E-state index is 12.2. The van der Waals surface area contributed by atoms with Crippen molar-refractivity contribution in [2.75, 3.05) is 26.0 Å². The van der Waals surface area contributed by atoms with Gasteiger partial charge in [0.25, 0.3) is 11.8 Å². The van der Waals surface area contributed by atoms with E-state index in [4.69, 9.17) is 0 Å². The van der Waals surface area contributed by atoms with Gasteiger partial charge in [-0.3, -0.25) is 19.3 Å². The van der Waals surface area contributed by atoms with Crippen molar-refractivity contribution >= 4 is 29.4 Å². The van der Waals surface area contributed by atoms with Gasteiger partial charge in [-0.15, -0.1) is 0 Å². The summed E-state index contributed by atoms with van der Waals surface area (Å²) in [7, 11) is 3.31. The highest BCUT2D eigenvalue weighted by atomic mass is 16.2. The van der Waals surface area contributed by atoms with Gasteiger partial charge in [0.2, 0.25) is 5.91 Å². The average molecular weight is 360 g/mol. The summed E-state index contributed by atoms with van der Waals surface area (Å²) in [6, 6.07) is 5.27. The Kier molecular flexibility index (Phi) is 5.97. The van der Waals surface area contributed by atoms with Gasteiger partial charge in [-0.2, -0.15) is 0 Å². The molecule has 26 heavy (non-hydrogen) atoms. The van der Waals surface area contributed by atoms with E-state index in [1.807, 2.05) is 13.8 Å². The molecule has 1 aromatic carbocycles. The van der Waals surface area contributed by atoms with Crippen molar-refractivity contribution in [1.29, 1.82) is 0 Å². The van der Waals surface area contributed by atoms with E-state index in [0.29, 0.717) is 17.7 Å². The third-order valence-electron chi connectivity index (χ3n) is 3.94. The molecule has 1 atom stereocenters. The zero-order valence-electron chi connectivity index (χ0n) is 15.4. The van der Waals surface area contributed by atoms with Crippen LogP contribution in [0.4, 0.5) is 10.5 Å². The molecule has 0 spiro atoms. The predicted octanol–water partition coefficient (Wildman–Crippen LogP) is 1.29. The standard InChI is InChI=1S/C18H24N4O4/c1-11(2)9-14-17(25)22(18(26)20-14)10-15(23)19-13-7-5-12(6-8-13)16(24)21(3)4/h5-8,11,14H,9-10H2,1-4H3,(H,19,23)(H,20,26). The van der Waals surface area contributed by atoms with Crippen LogP contribution in [0.3, 0.4) is 0 Å². The molecule has 0 aliphatic carbocycles. The molecular weight excluding hydrogens is 336 g/mol. The van der Waals surface area contributed by atoms with Gasteiger partial charge >= 0.3 is 6.03 Å². The Balaban J connectivity index is 1.95. The number of nitrogens with zero attached hydrogens (tertiary/aromatic N) is 2. The predicted molar refractivity (Wildman–Crippen MR) is 96.6 cm³/mol. The van der Waals surface area contributed by atoms with Crippen LogP contribution < -0.4 is 10.6 Å². The first-order valence-corrected chi connectivity index (χ1v) is 8.42. The minimum Gasteiger partial charge on any atom is -0.345 e. The van der Waals surface area contributed by atoms with Crippen LogP contribution in [0.15, 0.2) is 24.3 Å². The monoisotopic (exact) mass is 360 g/mol. The summed E-state index contributed by atoms with van der Waals surface area (Å²) in [5, 5.41) is 5.22. The van der Waals surface area contributed by atoms with Crippen LogP contribution in [0, 0.1) is 5.92 Å². The molecule has 0 radical (unpaired) electrons. The van der Waals surface area contributed by atoms with Crippen LogP contribution in [0.25, 0.3) is 0 Å². The lowest BCUT2D eigenvalue weighted by Gasteiger charge is -2.14. The van der Waals surface area contributed by atoms with Crippen LogP contribution in [0.1, 0.15) is 30.6 Å². The molecule has 1 heterocycles. The van der Waals surface area contributed by atoms with E-state index in [2.05, 4.69) is 10.6 Å². The zero-order chi connectivity index (χ0) is 19.4. The third-order valence-corrected chi connectivity index (χ3v) is 3.94. The molecule has 1 aliphatic rings. The summed E-state index contributed by atoms with van der Waals surface area (Å²) in [6.07, 6.45) is 0.532. The summed E-state index contributed by atoms with van der Waals surface area (Å²) in [6.45, 7) is 3.57. The maximum atomic E-state index is 12.2. The number of anilines is 1. The van der Waals surface area contributed by atoms with Crippen LogP contribution in [-0.2, 0) is 9.59 Å². The van der Waals surface area contributed by atoms with Crippen molar-refractivity contribution in [3.05, 3.63) is 29.8 Å². The van der Waals surface area contributed by atoms with E-state index in [9.17, 15) is 19.2 Å². The minimum absolute atomic E-state index is 0.140. The quantitative estimate of drug-likeness (QED) is 0.747. The van der Waals surface area contributed by atoms with Crippen LogP contribution in [0.2, 0.25) is 0 Å². The Morgan fingerprint density at radius 2 is 1.81 bits per heavy atom. The smallest absolute Gasteiger partial charge is 0.325 e. The van der Waals surface area contributed by atoms with E-state index in [1.165, 1.54) is 4.90 Å². The van der Waals surface area contributed by atoms with Crippen LogP contribution in [0.5, 0.6) is 0 Å². The fourth-order valence-corrected chi connectivity index (χ4v) is 2.66. The van der Waals surface area contributed by atoms with E-state index < -0.39 is 18.0 Å². The Bertz CT molecular complexity index is 712. The summed E-state index contributed by atoms with van der Waals surface area (Å²) >= 11 is 0. The van der Waals surface area contributed by atoms with Gasteiger partial charge in [0.1, 0.15) is 12.6 Å². The molecule has 0 saturated carbocycles. The molecule has 140 valence electrons. The number of benzene rings is 1. The first-order valence-electron chi connectivity index (χ1n) is 8.42. The number of carbonyl (C=O) groups excluding carboxylic acids is 4. The minimum atomic E-state index is -0.577. The van der Waals surface area contributed by atoms with E-state index in [-0.39, 0.29) is 24.3 Å². The number of nitrogens with one attached hydrogen (secondary N) is 2. The Morgan fingerprint density at radius 1 is 1.19 bits per heavy atom. The molecule has 1 aliphatic heterocycles. The van der Waals surface area contributed by atoms with Gasteiger partial charge in [-0.05, 0) is 36.6 Å². The van der Waals surface area contributed by atoms with Gasteiger partial charge in [-0.1, -0.05) is 13.8 Å². The molecule has 1 unspecified atom stereocenters. The third kappa shape index (κ3) is 4.59. The Morgan fingerprint density at radius 3 is 2.35 bits per heavy atom. The summed E-state index contributed by atoms with van der Waals surface area (Å²) in [4.78, 5) is 50.5. The number of hydrogen-bond donors (Lipinski definition) is 2. The van der Waals surface area contributed by atoms with Crippen molar-refractivity contribution in [3.8, 4) is 0 Å². The van der Waals surface area contributed by atoms with Crippen LogP contribution >= 0.6 is 0 Å². The Labute approximate surface area is 152 Å². The highest BCUT2D eigenvalue weighted by Gasteiger charge is 2.38. The first-order chi connectivity index (χ1) is 12.2. The maximum Gasteiger partial charge on any atom is 0.325 e. The first kappa shape index (κ1) is 19.4. The lowest BCUT2D eigenvalue weighted by atomic mass is 10.0. The van der Waals surface area contributed by atoms with E-state index in [0.717, 1.165) is 4.90 Å². The van der Waals surface area contributed by atoms with Gasteiger partial charge in [0.15, 0.2) is 0 Å². The number of imide groups is 1. The van der Waals surface area contributed by atoms with Crippen molar-refractivity contribution in [1.82, 2.24) is 15.1 Å². The molecule has 0 bridgehead atoms. The molecule has 1 aromatic rings. The van der Waals surface area contributed by atoms with Crippen LogP contribution in [-0.4, -0.2) is 60.2 Å². The second-order valence-corrected chi connectivity index (χ2v) is 6.88. The molecular formula is C18H24N4O4. The number of carbonyl (C=O) groups is 4. The molecule has 1 saturated heterocycles. The average Bonchev–Trinajstić information content (AvgIpc) is 2.81. The summed E-state index contributed by atoms with van der Waals surface area (Å²) in [5.41, 5.74) is 0.981. The molecule has 8 heteroatoms. The zero-order valence-corrected chi connectivity index (χ0v) is 15.4. The normalized spacial score (nSPS) is 16.7. The highest BCUT2D eigenvalue weighted by molar-refractivity contribution is 6.08. The van der Waals surface area contributed by atoms with Gasteiger partial charge in [0, 0.05) is 25.3 Å². The number of hydrogen-bond acceptors (Lipinski definition) is 4. The summed E-state index contributed by atoms with van der Waals surface area (Å²) in [5.74, 6) is -0.754. The second-order valence-electron chi connectivity index (χ2n) is 6.88. The summed E-state index contributed by atoms with van der Waals surface area (Å²) < 4.78 is 0. The van der Waals surface area contributed by atoms with Crippen molar-refractivity contribution in [2.45, 2.75) is 26.3 Å². The molecule has 2 N–H and O–H groups in total. The largest absolute Gasteiger partial charge is 0.345 e. The molecule has 0 aromatic heterocycles. The molecule has 2 rings (SSSR count). The van der Waals surface area contributed by atoms with E-state index in [1.54, 1.807) is 38.4 Å². The lowest BCUT2D eigenvalue weighted by molar-refractivity contribution is -0.131. The number of rotatable bonds is 6. The fourth-order valence-electron chi connectivity index (χ4n) is 2.66. The highest BCUT2D eigenvalue weighted by Crippen LogP contribution is 2.15. The SMILES string of the molecule is CC(C)CC1NC(=O)N(CC(=O)Nc2ccc(C(=O)N(C)C)cc2)C1=O. The molecule has 5 amide bonds. The molecule has 1 fully saturated rings. The molecule has 8 nitrogen and oxygen atoms in total. The van der Waals surface area contributed by atoms with Crippen molar-refractivity contribution in [3.63, 3.8) is 0 Å². The Hall–Kier alpha value is -2.90. The number of urea groups is 1. The van der Waals surface area contributed by atoms with Gasteiger partial charge < -0.3 is 15.5 Å². The van der Waals surface area contributed by atoms with Crippen molar-refractivity contribution < 1.29 is 19.2 Å². The number of amides is 5. The van der Waals surface area contributed by atoms with Gasteiger partial charge in [-0.25, -0.2) is 4.79 Å².